The molecule has 2 amide bonds. The Bertz CT molecular complexity index is 1170. The molecule has 0 spiro atoms. The number of carbonyl (C=O) groups is 2. The molecule has 0 fully saturated rings. The van der Waals surface area contributed by atoms with Crippen molar-refractivity contribution >= 4 is 28.8 Å². The lowest BCUT2D eigenvalue weighted by atomic mass is 9.86. The molecular weight excluding hydrogens is 465 g/mol. The number of halogens is 3. The highest BCUT2D eigenvalue weighted by atomic mass is 19.4. The van der Waals surface area contributed by atoms with Gasteiger partial charge in [-0.25, -0.2) is 0 Å². The van der Waals surface area contributed by atoms with E-state index in [1.165, 1.54) is 26.4 Å². The largest absolute Gasteiger partial charge is 0.481 e. The molecule has 0 aliphatic carbocycles. The van der Waals surface area contributed by atoms with Crippen LogP contribution in [0.2, 0.25) is 0 Å². The van der Waals surface area contributed by atoms with E-state index in [0.29, 0.717) is 35.4 Å². The van der Waals surface area contributed by atoms with E-state index < -0.39 is 23.2 Å². The third-order valence-electron chi connectivity index (χ3n) is 5.89. The molecule has 186 valence electrons. The first-order valence-corrected chi connectivity index (χ1v) is 11.0. The van der Waals surface area contributed by atoms with Gasteiger partial charge in [-0.2, -0.15) is 13.2 Å². The van der Waals surface area contributed by atoms with E-state index in [1.54, 1.807) is 12.1 Å². The second-order valence-electron chi connectivity index (χ2n) is 8.62. The zero-order chi connectivity index (χ0) is 25.2. The topological polar surface area (TPSA) is 85.9 Å². The predicted octanol–water partition coefficient (Wildman–Crippen LogP) is 4.43. The fraction of sp³-hybridized carbons (Fsp3) is 0.360. The van der Waals surface area contributed by atoms with Crippen molar-refractivity contribution in [1.29, 1.82) is 0 Å². The van der Waals surface area contributed by atoms with E-state index in [4.69, 9.17) is 14.2 Å². The molecule has 0 aromatic heterocycles. The molecule has 7 nitrogen and oxygen atoms in total. The molecule has 2 heterocycles. The summed E-state index contributed by atoms with van der Waals surface area (Å²) in [5.74, 6) is -0.568. The molecule has 0 unspecified atom stereocenters. The third kappa shape index (κ3) is 5.49. The van der Waals surface area contributed by atoms with Crippen LogP contribution in [0.5, 0.6) is 5.75 Å². The summed E-state index contributed by atoms with van der Waals surface area (Å²) in [7, 11) is 2.90. The number of benzene rings is 2. The molecule has 0 bridgehead atoms. The van der Waals surface area contributed by atoms with Crippen molar-refractivity contribution in [2.75, 3.05) is 38.1 Å². The van der Waals surface area contributed by atoms with Gasteiger partial charge in [0.2, 0.25) is 11.8 Å². The number of anilines is 2. The Balaban J connectivity index is 1.66. The number of methoxy groups -OCH3 is 2. The minimum atomic E-state index is -4.55. The van der Waals surface area contributed by atoms with Crippen LogP contribution in [0.1, 0.15) is 29.5 Å². The first-order chi connectivity index (χ1) is 16.6. The van der Waals surface area contributed by atoms with E-state index in [0.717, 1.165) is 17.7 Å². The lowest BCUT2D eigenvalue weighted by Gasteiger charge is -2.39. The van der Waals surface area contributed by atoms with Gasteiger partial charge in [0.25, 0.3) is 0 Å². The average Bonchev–Trinajstić information content (AvgIpc) is 2.78. The maximum absolute atomic E-state index is 13.3. The highest BCUT2D eigenvalue weighted by molar-refractivity contribution is 6.05. The van der Waals surface area contributed by atoms with Crippen molar-refractivity contribution in [1.82, 2.24) is 0 Å². The quantitative estimate of drug-likeness (QED) is 0.586. The van der Waals surface area contributed by atoms with Crippen LogP contribution in [0.15, 0.2) is 42.5 Å². The van der Waals surface area contributed by atoms with Gasteiger partial charge in [-0.3, -0.25) is 9.59 Å². The van der Waals surface area contributed by atoms with Gasteiger partial charge >= 0.3 is 6.18 Å². The molecule has 4 rings (SSSR count). The Morgan fingerprint density at radius 2 is 1.89 bits per heavy atom. The molecule has 35 heavy (non-hydrogen) atoms. The Morgan fingerprint density at radius 3 is 2.57 bits per heavy atom. The minimum Gasteiger partial charge on any atom is -0.481 e. The maximum atomic E-state index is 13.3. The Kier molecular flexibility index (Phi) is 6.86. The van der Waals surface area contributed by atoms with E-state index in [2.05, 4.69) is 10.6 Å². The fourth-order valence-corrected chi connectivity index (χ4v) is 4.40. The number of rotatable bonds is 6. The number of nitrogens with one attached hydrogen (secondary N) is 2. The second-order valence-corrected chi connectivity index (χ2v) is 8.62. The number of ether oxygens (including phenoxy) is 3. The van der Waals surface area contributed by atoms with Crippen molar-refractivity contribution in [2.45, 2.75) is 31.0 Å². The summed E-state index contributed by atoms with van der Waals surface area (Å²) in [6.07, 6.45) is -2.00. The summed E-state index contributed by atoms with van der Waals surface area (Å²) in [6, 6.07) is 8.43. The fourth-order valence-electron chi connectivity index (χ4n) is 4.40. The summed E-state index contributed by atoms with van der Waals surface area (Å²) in [6.45, 7) is 0.0833. The predicted molar refractivity (Wildman–Crippen MR) is 123 cm³/mol. The molecule has 2 aromatic carbocycles. The van der Waals surface area contributed by atoms with E-state index >= 15 is 0 Å². The molecule has 0 saturated carbocycles. The number of carbonyl (C=O) groups excluding carboxylic acids is 2. The standard InChI is InChI=1S/C25H25F3N2O5/c1-33-13-24(14-34-2)12-16(19-7-5-17(25(26,27)28)10-21(19)35-24)9-23(32)29-18-6-3-15-4-8-22(31)30-20(15)11-18/h3,5-7,9-11H,4,8,12-14H2,1-2H3,(H,29,32)(H,30,31)/b16-9+. The SMILES string of the molecule is COCC1(COC)C/C(=C\C(=O)Nc2ccc3c(c2)NC(=O)CC3)c2ccc(C(F)(F)F)cc2O1. The molecule has 0 radical (unpaired) electrons. The van der Waals surface area contributed by atoms with Gasteiger partial charge in [-0.05, 0) is 41.8 Å². The van der Waals surface area contributed by atoms with Crippen molar-refractivity contribution in [3.8, 4) is 5.75 Å². The van der Waals surface area contributed by atoms with Gasteiger partial charge < -0.3 is 24.8 Å². The van der Waals surface area contributed by atoms with E-state index in [-0.39, 0.29) is 31.3 Å². The van der Waals surface area contributed by atoms with Crippen LogP contribution in [0.25, 0.3) is 5.57 Å². The maximum Gasteiger partial charge on any atom is 0.416 e. The Morgan fingerprint density at radius 1 is 1.14 bits per heavy atom. The van der Waals surface area contributed by atoms with Crippen LogP contribution < -0.4 is 15.4 Å². The lowest BCUT2D eigenvalue weighted by molar-refractivity contribution is -0.138. The van der Waals surface area contributed by atoms with Gasteiger partial charge in [-0.15, -0.1) is 0 Å². The molecule has 0 atom stereocenters. The zero-order valence-electron chi connectivity index (χ0n) is 19.3. The monoisotopic (exact) mass is 490 g/mol. The van der Waals surface area contributed by atoms with Gasteiger partial charge in [0.05, 0.1) is 18.8 Å². The summed E-state index contributed by atoms with van der Waals surface area (Å²) in [4.78, 5) is 24.6. The van der Waals surface area contributed by atoms with E-state index in [9.17, 15) is 22.8 Å². The molecule has 2 aromatic rings. The van der Waals surface area contributed by atoms with E-state index in [1.807, 2.05) is 6.07 Å². The number of hydrogen-bond acceptors (Lipinski definition) is 5. The summed E-state index contributed by atoms with van der Waals surface area (Å²) in [5.41, 5.74) is 0.995. The van der Waals surface area contributed by atoms with Crippen LogP contribution in [0, 0.1) is 0 Å². The average molecular weight is 490 g/mol. The van der Waals surface area contributed by atoms with Gasteiger partial charge in [-0.1, -0.05) is 12.1 Å². The van der Waals surface area contributed by atoms with Gasteiger partial charge in [0, 0.05) is 50.1 Å². The minimum absolute atomic E-state index is 0.00396. The summed E-state index contributed by atoms with van der Waals surface area (Å²) < 4.78 is 56.5. The molecule has 2 aliphatic rings. The Labute approximate surface area is 200 Å². The van der Waals surface area contributed by atoms with Crippen molar-refractivity contribution in [3.05, 3.63) is 59.2 Å². The lowest BCUT2D eigenvalue weighted by Crippen LogP contribution is -2.47. The first-order valence-electron chi connectivity index (χ1n) is 11.0. The van der Waals surface area contributed by atoms with Crippen molar-refractivity contribution in [3.63, 3.8) is 0 Å². The highest BCUT2D eigenvalue weighted by Crippen LogP contribution is 2.43. The number of alkyl halides is 3. The van der Waals surface area contributed by atoms with Gasteiger partial charge in [0.15, 0.2) is 5.60 Å². The second kappa shape index (κ2) is 9.71. The van der Waals surface area contributed by atoms with Crippen LogP contribution in [0.4, 0.5) is 24.5 Å². The Hall–Kier alpha value is -3.37. The summed E-state index contributed by atoms with van der Waals surface area (Å²) in [5, 5.41) is 5.54. The highest BCUT2D eigenvalue weighted by Gasteiger charge is 2.41. The zero-order valence-corrected chi connectivity index (χ0v) is 19.3. The molecule has 2 N–H and O–H groups in total. The molecule has 0 saturated heterocycles. The molecule has 2 aliphatic heterocycles. The number of aryl methyl sites for hydroxylation is 1. The first kappa shape index (κ1) is 24.7. The molecule has 10 heteroatoms. The number of amides is 2. The van der Waals surface area contributed by atoms with Crippen molar-refractivity contribution in [2.24, 2.45) is 0 Å². The number of hydrogen-bond donors (Lipinski definition) is 2. The van der Waals surface area contributed by atoms with Crippen molar-refractivity contribution < 1.29 is 37.0 Å². The van der Waals surface area contributed by atoms with Crippen LogP contribution in [-0.2, 0) is 31.7 Å². The van der Waals surface area contributed by atoms with Gasteiger partial charge in [0.1, 0.15) is 5.75 Å². The van der Waals surface area contributed by atoms with Crippen LogP contribution in [-0.4, -0.2) is 44.8 Å². The third-order valence-corrected chi connectivity index (χ3v) is 5.89. The normalized spacial score (nSPS) is 17.7. The molecular formula is C25H25F3N2O5. The van der Waals surface area contributed by atoms with Crippen LogP contribution in [0.3, 0.4) is 0 Å². The summed E-state index contributed by atoms with van der Waals surface area (Å²) >= 11 is 0. The number of fused-ring (bicyclic) bond motifs is 2. The van der Waals surface area contributed by atoms with Crippen LogP contribution >= 0.6 is 0 Å². The smallest absolute Gasteiger partial charge is 0.416 e.